The van der Waals surface area contributed by atoms with Gasteiger partial charge in [-0.25, -0.2) is 9.97 Å². The summed E-state index contributed by atoms with van der Waals surface area (Å²) < 4.78 is 7.09. The largest absolute Gasteiger partial charge is 0.381 e. The molecule has 0 radical (unpaired) electrons. The maximum Gasteiger partial charge on any atom is 0.259 e. The van der Waals surface area contributed by atoms with Gasteiger partial charge in [0.15, 0.2) is 5.65 Å². The maximum absolute atomic E-state index is 12.5. The molecular weight excluding hydrogens is 368 g/mol. The Kier molecular flexibility index (Phi) is 4.91. The van der Waals surface area contributed by atoms with Crippen molar-refractivity contribution in [2.45, 2.75) is 18.9 Å². The predicted molar refractivity (Wildman–Crippen MR) is 103 cm³/mol. The quantitative estimate of drug-likeness (QED) is 0.716. The number of fused-ring (bicyclic) bond motifs is 1. The number of amides is 1. The topological polar surface area (TPSA) is 94.0 Å². The average Bonchev–Trinajstić information content (AvgIpc) is 2.98. The van der Waals surface area contributed by atoms with E-state index in [1.165, 1.54) is 0 Å². The Morgan fingerprint density at radius 3 is 2.81 bits per heavy atom. The third-order valence-electron chi connectivity index (χ3n) is 4.51. The number of hydrogen-bond acceptors (Lipinski definition) is 6. The SMILES string of the molecule is Cn1c(NC(=O)c2ccccc2Cl)nc2cnc(NC3CCOCC3)nc21. The van der Waals surface area contributed by atoms with Crippen molar-refractivity contribution in [1.29, 1.82) is 0 Å². The van der Waals surface area contributed by atoms with Crippen molar-refractivity contribution >= 4 is 40.6 Å². The van der Waals surface area contributed by atoms with Crippen LogP contribution in [0.3, 0.4) is 0 Å². The number of hydrogen-bond donors (Lipinski definition) is 2. The highest BCUT2D eigenvalue weighted by Gasteiger charge is 2.18. The minimum Gasteiger partial charge on any atom is -0.381 e. The van der Waals surface area contributed by atoms with Gasteiger partial charge < -0.3 is 10.1 Å². The molecule has 1 saturated heterocycles. The van der Waals surface area contributed by atoms with Crippen LogP contribution in [0.5, 0.6) is 0 Å². The van der Waals surface area contributed by atoms with E-state index in [4.69, 9.17) is 16.3 Å². The van der Waals surface area contributed by atoms with Crippen molar-refractivity contribution in [3.8, 4) is 0 Å². The first-order valence-electron chi connectivity index (χ1n) is 8.71. The zero-order valence-electron chi connectivity index (χ0n) is 14.8. The summed E-state index contributed by atoms with van der Waals surface area (Å²) in [4.78, 5) is 25.8. The van der Waals surface area contributed by atoms with Gasteiger partial charge in [0.05, 0.1) is 16.8 Å². The Hall–Kier alpha value is -2.71. The van der Waals surface area contributed by atoms with Crippen LogP contribution >= 0.6 is 11.6 Å². The minimum absolute atomic E-state index is 0.295. The van der Waals surface area contributed by atoms with Crippen LogP contribution in [0, 0.1) is 0 Å². The van der Waals surface area contributed by atoms with Crippen LogP contribution in [-0.2, 0) is 11.8 Å². The molecule has 0 unspecified atom stereocenters. The molecule has 1 aliphatic rings. The first kappa shape index (κ1) is 17.7. The molecular formula is C18H19ClN6O2. The van der Waals surface area contributed by atoms with Crippen LogP contribution in [0.15, 0.2) is 30.5 Å². The second-order valence-corrected chi connectivity index (χ2v) is 6.77. The van der Waals surface area contributed by atoms with E-state index in [0.717, 1.165) is 26.1 Å². The molecule has 0 bridgehead atoms. The van der Waals surface area contributed by atoms with Gasteiger partial charge in [-0.05, 0) is 25.0 Å². The molecule has 2 aromatic heterocycles. The van der Waals surface area contributed by atoms with E-state index in [0.29, 0.717) is 39.7 Å². The van der Waals surface area contributed by atoms with Crippen molar-refractivity contribution in [1.82, 2.24) is 19.5 Å². The van der Waals surface area contributed by atoms with E-state index < -0.39 is 0 Å². The molecule has 1 aliphatic heterocycles. The average molecular weight is 387 g/mol. The monoisotopic (exact) mass is 386 g/mol. The third kappa shape index (κ3) is 3.72. The summed E-state index contributed by atoms with van der Waals surface area (Å²) in [6, 6.07) is 7.16. The molecule has 4 rings (SSSR count). The Bertz CT molecular complexity index is 983. The van der Waals surface area contributed by atoms with Gasteiger partial charge in [-0.15, -0.1) is 0 Å². The van der Waals surface area contributed by atoms with E-state index in [-0.39, 0.29) is 5.91 Å². The van der Waals surface area contributed by atoms with Crippen LogP contribution in [0.2, 0.25) is 5.02 Å². The number of anilines is 2. The van der Waals surface area contributed by atoms with Gasteiger partial charge in [-0.1, -0.05) is 23.7 Å². The van der Waals surface area contributed by atoms with Crippen LogP contribution in [0.1, 0.15) is 23.2 Å². The smallest absolute Gasteiger partial charge is 0.259 e. The molecule has 9 heteroatoms. The summed E-state index contributed by atoms with van der Waals surface area (Å²) in [5.41, 5.74) is 1.62. The Labute approximate surface area is 160 Å². The van der Waals surface area contributed by atoms with Crippen LogP contribution in [-0.4, -0.2) is 44.7 Å². The van der Waals surface area contributed by atoms with E-state index >= 15 is 0 Å². The highest BCUT2D eigenvalue weighted by molar-refractivity contribution is 6.34. The lowest BCUT2D eigenvalue weighted by Gasteiger charge is -2.22. The Morgan fingerprint density at radius 2 is 2.04 bits per heavy atom. The number of aryl methyl sites for hydroxylation is 1. The fraction of sp³-hybridized carbons (Fsp3) is 0.333. The van der Waals surface area contributed by atoms with E-state index in [1.807, 2.05) is 0 Å². The van der Waals surface area contributed by atoms with Gasteiger partial charge in [0, 0.05) is 26.3 Å². The number of ether oxygens (including phenoxy) is 1. The van der Waals surface area contributed by atoms with Gasteiger partial charge in [-0.3, -0.25) is 14.7 Å². The van der Waals surface area contributed by atoms with Crippen LogP contribution < -0.4 is 10.6 Å². The molecule has 2 N–H and O–H groups in total. The van der Waals surface area contributed by atoms with Gasteiger partial charge in [0.2, 0.25) is 11.9 Å². The Balaban J connectivity index is 1.56. The molecule has 1 aromatic carbocycles. The zero-order valence-corrected chi connectivity index (χ0v) is 15.5. The fourth-order valence-corrected chi connectivity index (χ4v) is 3.22. The van der Waals surface area contributed by atoms with Crippen molar-refractivity contribution < 1.29 is 9.53 Å². The molecule has 1 fully saturated rings. The van der Waals surface area contributed by atoms with Crippen molar-refractivity contribution in [3.63, 3.8) is 0 Å². The second-order valence-electron chi connectivity index (χ2n) is 6.36. The standard InChI is InChI=1S/C18H19ClN6O2/c1-25-15-14(10-20-17(23-15)21-11-6-8-27-9-7-11)22-18(25)24-16(26)12-4-2-3-5-13(12)19/h2-5,10-11H,6-9H2,1H3,(H,20,21,23)(H,22,24,26). The van der Waals surface area contributed by atoms with E-state index in [1.54, 1.807) is 42.1 Å². The van der Waals surface area contributed by atoms with Crippen LogP contribution in [0.25, 0.3) is 11.2 Å². The highest BCUT2D eigenvalue weighted by Crippen LogP contribution is 2.21. The van der Waals surface area contributed by atoms with E-state index in [9.17, 15) is 4.79 Å². The number of rotatable bonds is 4. The number of aromatic nitrogens is 4. The summed E-state index contributed by atoms with van der Waals surface area (Å²) in [6.07, 6.45) is 3.49. The lowest BCUT2D eigenvalue weighted by atomic mass is 10.1. The van der Waals surface area contributed by atoms with Crippen molar-refractivity contribution in [3.05, 3.63) is 41.0 Å². The third-order valence-corrected chi connectivity index (χ3v) is 4.84. The molecule has 27 heavy (non-hydrogen) atoms. The van der Waals surface area contributed by atoms with Gasteiger partial charge in [0.25, 0.3) is 5.91 Å². The number of benzene rings is 1. The van der Waals surface area contributed by atoms with E-state index in [2.05, 4.69) is 25.6 Å². The van der Waals surface area contributed by atoms with Crippen molar-refractivity contribution in [2.24, 2.45) is 7.05 Å². The maximum atomic E-state index is 12.5. The second kappa shape index (κ2) is 7.50. The van der Waals surface area contributed by atoms with Crippen molar-refractivity contribution in [2.75, 3.05) is 23.8 Å². The number of carbonyl (C=O) groups excluding carboxylic acids is 1. The normalized spacial score (nSPS) is 15.0. The first-order valence-corrected chi connectivity index (χ1v) is 9.09. The molecule has 8 nitrogen and oxygen atoms in total. The Morgan fingerprint density at radius 1 is 1.26 bits per heavy atom. The number of carbonyl (C=O) groups is 1. The summed E-state index contributed by atoms with van der Waals surface area (Å²) in [5.74, 6) is 0.598. The number of imidazole rings is 1. The molecule has 0 saturated carbocycles. The highest BCUT2D eigenvalue weighted by atomic mass is 35.5. The number of halogens is 1. The lowest BCUT2D eigenvalue weighted by Crippen LogP contribution is -2.28. The van der Waals surface area contributed by atoms with Gasteiger partial charge in [-0.2, -0.15) is 4.98 Å². The summed E-state index contributed by atoms with van der Waals surface area (Å²) in [7, 11) is 1.79. The molecule has 3 aromatic rings. The minimum atomic E-state index is -0.326. The molecule has 3 heterocycles. The first-order chi connectivity index (χ1) is 13.1. The number of nitrogens with one attached hydrogen (secondary N) is 2. The van der Waals surface area contributed by atoms with Gasteiger partial charge >= 0.3 is 0 Å². The lowest BCUT2D eigenvalue weighted by molar-refractivity contribution is 0.0903. The van der Waals surface area contributed by atoms with Crippen LogP contribution in [0.4, 0.5) is 11.9 Å². The summed E-state index contributed by atoms with van der Waals surface area (Å²) >= 11 is 6.09. The summed E-state index contributed by atoms with van der Waals surface area (Å²) in [5, 5.41) is 6.50. The molecule has 0 aliphatic carbocycles. The molecule has 0 spiro atoms. The zero-order chi connectivity index (χ0) is 18.8. The molecule has 1 amide bonds. The number of nitrogens with zero attached hydrogens (tertiary/aromatic N) is 4. The van der Waals surface area contributed by atoms with Gasteiger partial charge in [0.1, 0.15) is 5.52 Å². The molecule has 140 valence electrons. The summed E-state index contributed by atoms with van der Waals surface area (Å²) in [6.45, 7) is 1.48. The predicted octanol–water partition coefficient (Wildman–Crippen LogP) is 2.86. The molecule has 0 atom stereocenters. The fourth-order valence-electron chi connectivity index (χ4n) is 3.00.